The average Bonchev–Trinajstić information content (AvgIpc) is 2.74. The van der Waals surface area contributed by atoms with Crippen LogP contribution in [0.3, 0.4) is 0 Å². The van der Waals surface area contributed by atoms with E-state index in [2.05, 4.69) is 54.5 Å². The van der Waals surface area contributed by atoms with Crippen LogP contribution in [0.15, 0.2) is 22.8 Å². The van der Waals surface area contributed by atoms with E-state index in [0.29, 0.717) is 18.1 Å². The quantitative estimate of drug-likeness (QED) is 0.414. The zero-order valence-electron chi connectivity index (χ0n) is 22.9. The number of ketones is 1. The molecule has 0 radical (unpaired) electrons. The van der Waals surface area contributed by atoms with E-state index in [9.17, 15) is 14.7 Å². The third-order valence-electron chi connectivity index (χ3n) is 11.6. The number of carbonyl (C=O) groups is 2. The van der Waals surface area contributed by atoms with Crippen LogP contribution in [0.5, 0.6) is 0 Å². The summed E-state index contributed by atoms with van der Waals surface area (Å²) in [5.41, 5.74) is 4.61. The minimum Gasteiger partial charge on any atom is -0.481 e. The number of rotatable bonds is 5. The summed E-state index contributed by atoms with van der Waals surface area (Å²) in [6.45, 7) is 16.0. The molecular formula is C31H48O3. The summed E-state index contributed by atoms with van der Waals surface area (Å²) < 4.78 is 0. The summed E-state index contributed by atoms with van der Waals surface area (Å²) in [4.78, 5) is 25.4. The maximum atomic E-state index is 12.8. The summed E-state index contributed by atoms with van der Waals surface area (Å²) in [7, 11) is 0. The van der Waals surface area contributed by atoms with Crippen molar-refractivity contribution in [1.82, 2.24) is 0 Å². The van der Waals surface area contributed by atoms with Crippen LogP contribution < -0.4 is 0 Å². The predicted octanol–water partition coefficient (Wildman–Crippen LogP) is 8.14. The molecule has 0 unspecified atom stereocenters. The first-order valence-electron chi connectivity index (χ1n) is 13.9. The van der Waals surface area contributed by atoms with Crippen molar-refractivity contribution < 1.29 is 14.7 Å². The summed E-state index contributed by atoms with van der Waals surface area (Å²) in [6, 6.07) is 0. The molecule has 6 atom stereocenters. The molecule has 0 saturated heterocycles. The van der Waals surface area contributed by atoms with Crippen LogP contribution >= 0.6 is 0 Å². The Morgan fingerprint density at radius 3 is 2.35 bits per heavy atom. The highest BCUT2D eigenvalue weighted by Crippen LogP contribution is 2.70. The number of hydrogen-bond donors (Lipinski definition) is 1. The van der Waals surface area contributed by atoms with Gasteiger partial charge in [-0.05, 0) is 99.7 Å². The molecule has 4 aliphatic rings. The Balaban J connectivity index is 1.73. The van der Waals surface area contributed by atoms with Gasteiger partial charge in [-0.25, -0.2) is 0 Å². The van der Waals surface area contributed by atoms with Crippen molar-refractivity contribution in [1.29, 1.82) is 0 Å². The number of allylic oxidation sites excluding steroid dienone is 4. The molecule has 4 rings (SSSR count). The number of carboxylic acid groups (broad SMARTS) is 1. The Bertz CT molecular complexity index is 919. The van der Waals surface area contributed by atoms with E-state index in [-0.39, 0.29) is 33.5 Å². The fraction of sp³-hybridized carbons (Fsp3) is 0.806. The molecule has 2 fully saturated rings. The van der Waals surface area contributed by atoms with E-state index < -0.39 is 5.97 Å². The zero-order chi connectivity index (χ0) is 25.1. The standard InChI is InChI=1S/C31H48O3/c1-20(2)10-8-11-21(27(33)34)22-12-9-17-30(6)24-13-14-25-28(3,4)26(32)16-18-29(25,5)23(24)15-19-31(22,30)7/h10,21-22,25H,8-9,11-19H2,1-7H3,(H,33,34)/t21-,22+,25-,29+,30-,31+/m0/s1. The monoisotopic (exact) mass is 468 g/mol. The van der Waals surface area contributed by atoms with E-state index in [1.54, 1.807) is 11.1 Å². The topological polar surface area (TPSA) is 54.4 Å². The van der Waals surface area contributed by atoms with Crippen LogP contribution in [0, 0.1) is 39.4 Å². The summed E-state index contributed by atoms with van der Waals surface area (Å²) in [6.07, 6.45) is 13.3. The van der Waals surface area contributed by atoms with Crippen LogP contribution in [0.25, 0.3) is 0 Å². The van der Waals surface area contributed by atoms with E-state index in [1.807, 2.05) is 0 Å². The van der Waals surface area contributed by atoms with Gasteiger partial charge in [-0.15, -0.1) is 0 Å². The minimum atomic E-state index is -0.597. The zero-order valence-corrected chi connectivity index (χ0v) is 22.9. The van der Waals surface area contributed by atoms with Gasteiger partial charge in [0.2, 0.25) is 0 Å². The molecule has 0 aromatic heterocycles. The molecule has 0 aliphatic heterocycles. The lowest BCUT2D eigenvalue weighted by Crippen LogP contribution is -2.57. The SMILES string of the molecule is CC(C)=CCC[C@H](C(=O)O)[C@H]1CCC[C@@]2(C)C3=C(CC[C@]12C)[C@@]1(C)CCC(=O)C(C)(C)[C@@H]1CC3. The van der Waals surface area contributed by atoms with Gasteiger partial charge in [-0.1, -0.05) is 63.8 Å². The first-order chi connectivity index (χ1) is 15.8. The molecule has 0 bridgehead atoms. The number of hydrogen-bond acceptors (Lipinski definition) is 2. The molecule has 3 heteroatoms. The van der Waals surface area contributed by atoms with Gasteiger partial charge in [0.25, 0.3) is 0 Å². The molecule has 3 nitrogen and oxygen atoms in total. The van der Waals surface area contributed by atoms with E-state index in [0.717, 1.165) is 57.8 Å². The Labute approximate surface area is 207 Å². The lowest BCUT2D eigenvalue weighted by Gasteiger charge is -2.65. The van der Waals surface area contributed by atoms with Gasteiger partial charge in [-0.2, -0.15) is 0 Å². The number of Topliss-reactive ketones (excluding diaryl/α,β-unsaturated/α-hetero) is 1. The van der Waals surface area contributed by atoms with Gasteiger partial charge in [0.1, 0.15) is 5.78 Å². The maximum absolute atomic E-state index is 12.8. The highest BCUT2D eigenvalue weighted by Gasteiger charge is 2.62. The van der Waals surface area contributed by atoms with Crippen molar-refractivity contribution in [2.75, 3.05) is 0 Å². The van der Waals surface area contributed by atoms with Gasteiger partial charge in [0, 0.05) is 11.8 Å². The van der Waals surface area contributed by atoms with E-state index >= 15 is 0 Å². The smallest absolute Gasteiger partial charge is 0.306 e. The summed E-state index contributed by atoms with van der Waals surface area (Å²) >= 11 is 0. The lowest BCUT2D eigenvalue weighted by atomic mass is 9.39. The third kappa shape index (κ3) is 3.66. The van der Waals surface area contributed by atoms with E-state index in [1.165, 1.54) is 12.0 Å². The van der Waals surface area contributed by atoms with Crippen molar-refractivity contribution in [2.45, 2.75) is 119 Å². The highest BCUT2D eigenvalue weighted by atomic mass is 16.4. The van der Waals surface area contributed by atoms with Crippen molar-refractivity contribution in [3.05, 3.63) is 22.8 Å². The minimum absolute atomic E-state index is 0.0291. The molecule has 1 N–H and O–H groups in total. The van der Waals surface area contributed by atoms with Gasteiger partial charge in [0.05, 0.1) is 5.92 Å². The van der Waals surface area contributed by atoms with Crippen LogP contribution in [0.4, 0.5) is 0 Å². The molecule has 0 aromatic rings. The average molecular weight is 469 g/mol. The van der Waals surface area contributed by atoms with Crippen LogP contribution in [-0.4, -0.2) is 16.9 Å². The molecule has 0 amide bonds. The maximum Gasteiger partial charge on any atom is 0.306 e. The Hall–Kier alpha value is -1.38. The summed E-state index contributed by atoms with van der Waals surface area (Å²) in [5.74, 6) is 0.256. The van der Waals surface area contributed by atoms with Gasteiger partial charge in [0.15, 0.2) is 0 Å². The fourth-order valence-corrected chi connectivity index (χ4v) is 9.45. The Morgan fingerprint density at radius 1 is 1.00 bits per heavy atom. The number of carboxylic acids is 1. The second kappa shape index (κ2) is 8.63. The first kappa shape index (κ1) is 25.7. The number of fused-ring (bicyclic) bond motifs is 4. The van der Waals surface area contributed by atoms with Crippen molar-refractivity contribution >= 4 is 11.8 Å². The first-order valence-corrected chi connectivity index (χ1v) is 13.9. The predicted molar refractivity (Wildman–Crippen MR) is 138 cm³/mol. The Morgan fingerprint density at radius 2 is 1.71 bits per heavy atom. The van der Waals surface area contributed by atoms with Gasteiger partial charge >= 0.3 is 5.97 Å². The van der Waals surface area contributed by atoms with Crippen molar-refractivity contribution in [3.63, 3.8) is 0 Å². The van der Waals surface area contributed by atoms with Gasteiger partial charge < -0.3 is 5.11 Å². The molecule has 4 aliphatic carbocycles. The molecule has 0 aromatic carbocycles. The fourth-order valence-electron chi connectivity index (χ4n) is 9.45. The molecule has 0 heterocycles. The normalized spacial score (nSPS) is 40.0. The molecule has 2 saturated carbocycles. The molecule has 190 valence electrons. The molecule has 0 spiro atoms. The lowest BCUT2D eigenvalue weighted by molar-refractivity contribution is -0.152. The van der Waals surface area contributed by atoms with Crippen molar-refractivity contribution in [3.8, 4) is 0 Å². The third-order valence-corrected chi connectivity index (χ3v) is 11.6. The van der Waals surface area contributed by atoms with Crippen LogP contribution in [0.1, 0.15) is 119 Å². The Kier molecular flexibility index (Phi) is 6.52. The molecular weight excluding hydrogens is 420 g/mol. The number of carbonyl (C=O) groups excluding carboxylic acids is 1. The number of aliphatic carboxylic acids is 1. The largest absolute Gasteiger partial charge is 0.481 e. The van der Waals surface area contributed by atoms with Crippen LogP contribution in [-0.2, 0) is 9.59 Å². The van der Waals surface area contributed by atoms with Crippen molar-refractivity contribution in [2.24, 2.45) is 39.4 Å². The molecule has 34 heavy (non-hydrogen) atoms. The van der Waals surface area contributed by atoms with Gasteiger partial charge in [-0.3, -0.25) is 9.59 Å². The van der Waals surface area contributed by atoms with Crippen LogP contribution in [0.2, 0.25) is 0 Å². The second-order valence-corrected chi connectivity index (χ2v) is 13.7. The second-order valence-electron chi connectivity index (χ2n) is 13.7. The van der Waals surface area contributed by atoms with E-state index in [4.69, 9.17) is 0 Å². The summed E-state index contributed by atoms with van der Waals surface area (Å²) in [5, 5.41) is 10.3. The highest BCUT2D eigenvalue weighted by molar-refractivity contribution is 5.85.